The number of hydrogen-bond acceptors (Lipinski definition) is 4. The zero-order valence-electron chi connectivity index (χ0n) is 23.4. The van der Waals surface area contributed by atoms with Crippen LogP contribution in [0.15, 0.2) is 24.3 Å². The number of rotatable bonds is 25. The molecular formula is C32H54O4. The molecule has 1 unspecified atom stereocenters. The topological polar surface area (TPSA) is 52.6 Å². The minimum Gasteiger partial charge on any atom is -0.413 e. The smallest absolute Gasteiger partial charge is 0.334 e. The van der Waals surface area contributed by atoms with Gasteiger partial charge in [-0.3, -0.25) is 4.79 Å². The Morgan fingerprint density at radius 3 is 1.64 bits per heavy atom. The molecule has 0 heterocycles. The van der Waals surface area contributed by atoms with Gasteiger partial charge in [0.2, 0.25) is 0 Å². The fraction of sp³-hybridized carbons (Fsp3) is 0.750. The van der Waals surface area contributed by atoms with Crippen molar-refractivity contribution in [2.24, 2.45) is 0 Å². The van der Waals surface area contributed by atoms with Crippen LogP contribution in [-0.2, 0) is 19.1 Å². The number of esters is 2. The van der Waals surface area contributed by atoms with E-state index < -0.39 is 18.2 Å². The molecule has 206 valence electrons. The first kappa shape index (κ1) is 34.0. The van der Waals surface area contributed by atoms with E-state index in [0.717, 1.165) is 32.1 Å². The maximum Gasteiger partial charge on any atom is 0.334 e. The number of unbranched alkanes of at least 4 members (excludes halogenated alkanes) is 18. The van der Waals surface area contributed by atoms with Crippen molar-refractivity contribution in [3.8, 4) is 12.3 Å². The molecule has 0 fully saturated rings. The molecule has 0 aromatic rings. The van der Waals surface area contributed by atoms with E-state index >= 15 is 0 Å². The van der Waals surface area contributed by atoms with Crippen molar-refractivity contribution in [2.45, 2.75) is 155 Å². The van der Waals surface area contributed by atoms with Gasteiger partial charge in [0.05, 0.1) is 0 Å². The van der Waals surface area contributed by atoms with Gasteiger partial charge in [-0.1, -0.05) is 141 Å². The van der Waals surface area contributed by atoms with Gasteiger partial charge in [-0.2, -0.15) is 0 Å². The molecule has 0 N–H and O–H groups in total. The van der Waals surface area contributed by atoms with Crippen LogP contribution in [0.25, 0.3) is 0 Å². The molecule has 0 saturated carbocycles. The highest BCUT2D eigenvalue weighted by Crippen LogP contribution is 2.13. The molecule has 0 rings (SSSR count). The second kappa shape index (κ2) is 27.6. The first-order chi connectivity index (χ1) is 17.6. The molecular weight excluding hydrogens is 448 g/mol. The third-order valence-electron chi connectivity index (χ3n) is 6.29. The van der Waals surface area contributed by atoms with Crippen molar-refractivity contribution in [1.82, 2.24) is 0 Å². The molecule has 0 saturated heterocycles. The van der Waals surface area contributed by atoms with Gasteiger partial charge in [0.25, 0.3) is 0 Å². The standard InChI is InChI=1S/C32H54O4/c1-4-7-9-11-13-15-17-18-19-21-23-25-27-29-31(34)36-32(6-3)35-30(33)28-26-24-22-20-16-14-12-10-8-5-2/h3,22,24,26,28,32H,4-5,7-21,23,25,27,29H2,1-2H3. The number of hydrogen-bond donors (Lipinski definition) is 0. The van der Waals surface area contributed by atoms with E-state index in [1.54, 1.807) is 6.08 Å². The van der Waals surface area contributed by atoms with Gasteiger partial charge in [-0.05, 0) is 25.2 Å². The van der Waals surface area contributed by atoms with E-state index in [4.69, 9.17) is 15.9 Å². The molecule has 0 amide bonds. The van der Waals surface area contributed by atoms with Gasteiger partial charge >= 0.3 is 18.2 Å². The highest BCUT2D eigenvalue weighted by atomic mass is 16.7. The molecule has 4 nitrogen and oxygen atoms in total. The summed E-state index contributed by atoms with van der Waals surface area (Å²) in [5.41, 5.74) is 0. The quantitative estimate of drug-likeness (QED) is 0.0311. The molecule has 0 radical (unpaired) electrons. The number of ether oxygens (including phenoxy) is 2. The molecule has 0 aliphatic carbocycles. The molecule has 0 aliphatic rings. The maximum absolute atomic E-state index is 12.0. The summed E-state index contributed by atoms with van der Waals surface area (Å²) in [5, 5.41) is 0. The first-order valence-electron chi connectivity index (χ1n) is 14.8. The average Bonchev–Trinajstić information content (AvgIpc) is 2.87. The second-order valence-electron chi connectivity index (χ2n) is 9.76. The number of terminal acetylenes is 1. The summed E-state index contributed by atoms with van der Waals surface area (Å²) in [7, 11) is 0. The molecule has 0 bridgehead atoms. The van der Waals surface area contributed by atoms with Gasteiger partial charge in [0.15, 0.2) is 0 Å². The Hall–Kier alpha value is -2.02. The van der Waals surface area contributed by atoms with Crippen LogP contribution < -0.4 is 0 Å². The summed E-state index contributed by atoms with van der Waals surface area (Å²) < 4.78 is 10.1. The molecule has 0 spiro atoms. The van der Waals surface area contributed by atoms with Crippen LogP contribution in [0.3, 0.4) is 0 Å². The van der Waals surface area contributed by atoms with Gasteiger partial charge in [0, 0.05) is 12.5 Å². The van der Waals surface area contributed by atoms with Crippen LogP contribution in [0.5, 0.6) is 0 Å². The van der Waals surface area contributed by atoms with E-state index in [-0.39, 0.29) is 0 Å². The van der Waals surface area contributed by atoms with E-state index in [1.165, 1.54) is 102 Å². The zero-order chi connectivity index (χ0) is 26.5. The molecule has 36 heavy (non-hydrogen) atoms. The fourth-order valence-corrected chi connectivity index (χ4v) is 4.05. The highest BCUT2D eigenvalue weighted by molar-refractivity contribution is 5.82. The second-order valence-corrected chi connectivity index (χ2v) is 9.76. The lowest BCUT2D eigenvalue weighted by Crippen LogP contribution is -2.22. The van der Waals surface area contributed by atoms with Crippen LogP contribution in [0.4, 0.5) is 0 Å². The van der Waals surface area contributed by atoms with Crippen molar-refractivity contribution < 1.29 is 19.1 Å². The van der Waals surface area contributed by atoms with E-state index in [9.17, 15) is 9.59 Å². The molecule has 0 aromatic carbocycles. The Bertz CT molecular complexity index is 614. The Balaban J connectivity index is 3.72. The fourth-order valence-electron chi connectivity index (χ4n) is 4.05. The van der Waals surface area contributed by atoms with E-state index in [0.29, 0.717) is 6.42 Å². The van der Waals surface area contributed by atoms with Crippen LogP contribution >= 0.6 is 0 Å². The predicted octanol–water partition coefficient (Wildman–Crippen LogP) is 9.38. The summed E-state index contributed by atoms with van der Waals surface area (Å²) in [5.74, 6) is 1.18. The van der Waals surface area contributed by atoms with Gasteiger partial charge in [0.1, 0.15) is 0 Å². The van der Waals surface area contributed by atoms with E-state index in [1.807, 2.05) is 12.2 Å². The summed E-state index contributed by atoms with van der Waals surface area (Å²) in [6.07, 6.45) is 36.0. The van der Waals surface area contributed by atoms with Gasteiger partial charge in [-0.25, -0.2) is 4.79 Å². The number of carbonyl (C=O) groups is 2. The Morgan fingerprint density at radius 2 is 1.14 bits per heavy atom. The summed E-state index contributed by atoms with van der Waals surface area (Å²) in [4.78, 5) is 23.9. The highest BCUT2D eigenvalue weighted by Gasteiger charge is 2.14. The van der Waals surface area contributed by atoms with Crippen molar-refractivity contribution in [2.75, 3.05) is 0 Å². The average molecular weight is 503 g/mol. The predicted molar refractivity (Wildman–Crippen MR) is 151 cm³/mol. The maximum atomic E-state index is 12.0. The lowest BCUT2D eigenvalue weighted by molar-refractivity contribution is -0.174. The third-order valence-corrected chi connectivity index (χ3v) is 6.29. The Kier molecular flexibility index (Phi) is 26.0. The minimum absolute atomic E-state index is 0.296. The van der Waals surface area contributed by atoms with Gasteiger partial charge < -0.3 is 9.47 Å². The minimum atomic E-state index is -1.27. The van der Waals surface area contributed by atoms with Gasteiger partial charge in [-0.15, -0.1) is 6.42 Å². The van der Waals surface area contributed by atoms with Crippen molar-refractivity contribution >= 4 is 11.9 Å². The molecule has 1 atom stereocenters. The van der Waals surface area contributed by atoms with E-state index in [2.05, 4.69) is 19.8 Å². The number of allylic oxidation sites excluding steroid dienone is 3. The zero-order valence-corrected chi connectivity index (χ0v) is 23.4. The summed E-state index contributed by atoms with van der Waals surface area (Å²) in [6, 6.07) is 0. The Morgan fingerprint density at radius 1 is 0.667 bits per heavy atom. The monoisotopic (exact) mass is 502 g/mol. The van der Waals surface area contributed by atoms with Crippen LogP contribution in [0.1, 0.15) is 149 Å². The molecule has 0 aromatic heterocycles. The molecule has 0 aliphatic heterocycles. The summed E-state index contributed by atoms with van der Waals surface area (Å²) >= 11 is 0. The van der Waals surface area contributed by atoms with Crippen LogP contribution in [0, 0.1) is 12.3 Å². The summed E-state index contributed by atoms with van der Waals surface area (Å²) in [6.45, 7) is 4.47. The molecule has 4 heteroatoms. The van der Waals surface area contributed by atoms with Crippen molar-refractivity contribution in [1.29, 1.82) is 0 Å². The third kappa shape index (κ3) is 25.1. The SMILES string of the molecule is C#CC(OC(=O)C=CC=CCCCCCCCC)OC(=O)CCCCCCCCCCCCCCC. The first-order valence-corrected chi connectivity index (χ1v) is 14.8. The lowest BCUT2D eigenvalue weighted by Gasteiger charge is -2.11. The van der Waals surface area contributed by atoms with Crippen molar-refractivity contribution in [3.05, 3.63) is 24.3 Å². The number of carbonyl (C=O) groups excluding carboxylic acids is 2. The largest absolute Gasteiger partial charge is 0.413 e. The Labute approximate surface area is 222 Å². The van der Waals surface area contributed by atoms with Crippen LogP contribution in [0.2, 0.25) is 0 Å². The normalized spacial score (nSPS) is 12.1. The van der Waals surface area contributed by atoms with Crippen LogP contribution in [-0.4, -0.2) is 18.2 Å². The lowest BCUT2D eigenvalue weighted by atomic mass is 10.0. The van der Waals surface area contributed by atoms with Crippen molar-refractivity contribution in [3.63, 3.8) is 0 Å².